The van der Waals surface area contributed by atoms with Gasteiger partial charge >= 0.3 is 0 Å². The predicted octanol–water partition coefficient (Wildman–Crippen LogP) is 3.32. The van der Waals surface area contributed by atoms with Crippen LogP contribution in [-0.4, -0.2) is 73.2 Å². The minimum absolute atomic E-state index is 0.105. The van der Waals surface area contributed by atoms with Crippen molar-refractivity contribution in [3.63, 3.8) is 0 Å². The zero-order valence-electron chi connectivity index (χ0n) is 22.5. The molecule has 2 aliphatic heterocycles. The normalized spacial score (nSPS) is 22.6. The minimum atomic E-state index is -0.878. The number of ether oxygens (including phenoxy) is 2. The summed E-state index contributed by atoms with van der Waals surface area (Å²) in [5.74, 6) is 0.350. The maximum atomic E-state index is 13.7. The monoisotopic (exact) mass is 559 g/mol. The highest BCUT2D eigenvalue weighted by atomic mass is 19.1. The highest BCUT2D eigenvalue weighted by molar-refractivity contribution is 5.83. The van der Waals surface area contributed by atoms with Gasteiger partial charge in [0.15, 0.2) is 5.82 Å². The number of anilines is 1. The van der Waals surface area contributed by atoms with E-state index >= 15 is 0 Å². The first-order valence-corrected chi connectivity index (χ1v) is 13.4. The molecule has 4 aromatic rings. The van der Waals surface area contributed by atoms with Crippen molar-refractivity contribution in [3.8, 4) is 22.6 Å². The van der Waals surface area contributed by atoms with Crippen LogP contribution in [0.3, 0.4) is 0 Å². The number of likely N-dealkylation sites (tertiary alicyclic amines) is 1. The number of carbonyl (C=O) groups excluding carboxylic acids is 1. The third kappa shape index (κ3) is 5.80. The Hall–Kier alpha value is -4.26. The lowest BCUT2D eigenvalue weighted by Crippen LogP contribution is -2.49. The summed E-state index contributed by atoms with van der Waals surface area (Å²) in [7, 11) is 0. The first-order valence-electron chi connectivity index (χ1n) is 13.4. The number of imidazole rings is 1. The van der Waals surface area contributed by atoms with Crippen LogP contribution in [0.15, 0.2) is 61.1 Å². The number of aromatic nitrogens is 5. The van der Waals surface area contributed by atoms with E-state index in [2.05, 4.69) is 25.3 Å². The number of nitrogens with zero attached hydrogens (tertiary/aromatic N) is 5. The zero-order valence-corrected chi connectivity index (χ0v) is 22.5. The van der Waals surface area contributed by atoms with E-state index in [4.69, 9.17) is 14.5 Å². The van der Waals surface area contributed by atoms with Crippen molar-refractivity contribution in [2.24, 2.45) is 5.41 Å². The van der Waals surface area contributed by atoms with E-state index in [9.17, 15) is 14.3 Å². The fourth-order valence-electron chi connectivity index (χ4n) is 4.97. The van der Waals surface area contributed by atoms with Gasteiger partial charge in [-0.3, -0.25) is 9.78 Å². The van der Waals surface area contributed by atoms with Gasteiger partial charge in [0.05, 0.1) is 41.8 Å². The van der Waals surface area contributed by atoms with Crippen LogP contribution in [0.4, 0.5) is 10.3 Å². The maximum absolute atomic E-state index is 13.7. The summed E-state index contributed by atoms with van der Waals surface area (Å²) in [5.41, 5.74) is 2.47. The fraction of sp³-hybridized carbons (Fsp3) is 0.345. The number of carbonyl (C=O) groups is 1. The van der Waals surface area contributed by atoms with Gasteiger partial charge in [-0.25, -0.2) is 19.3 Å². The standard InChI is InChI=1S/C29H30FN7O4/c1-29(27(39)37-12-9-21(38)15-37)16-40-26(41-17-29)25-35-23(19-4-6-20(30)7-5-19)24(36-25)22-8-11-32-28(34-22)33-14-18-3-2-10-31-13-18/h2-8,10-11,13,21,26,38H,9,12,14-17H2,1H3,(H,35,36)(H,32,33,34). The van der Waals surface area contributed by atoms with Crippen molar-refractivity contribution >= 4 is 11.9 Å². The molecule has 0 spiro atoms. The quantitative estimate of drug-likeness (QED) is 0.311. The van der Waals surface area contributed by atoms with Gasteiger partial charge in [0, 0.05) is 43.8 Å². The summed E-state index contributed by atoms with van der Waals surface area (Å²) in [6, 6.07) is 11.6. The lowest BCUT2D eigenvalue weighted by Gasteiger charge is -2.37. The summed E-state index contributed by atoms with van der Waals surface area (Å²) < 4.78 is 25.8. The SMILES string of the molecule is CC1(C(=O)N2CCC(O)C2)COC(c2nc(-c3ccc(F)cc3)c(-c3ccnc(NCc4cccnc4)n3)[nH]2)OC1. The molecular weight excluding hydrogens is 529 g/mol. The molecular formula is C29H30FN7O4. The van der Waals surface area contributed by atoms with Crippen molar-refractivity contribution in [2.45, 2.75) is 32.3 Å². The van der Waals surface area contributed by atoms with E-state index in [0.717, 1.165) is 5.56 Å². The molecule has 0 bridgehead atoms. The van der Waals surface area contributed by atoms with Gasteiger partial charge in [0.25, 0.3) is 0 Å². The smallest absolute Gasteiger partial charge is 0.233 e. The van der Waals surface area contributed by atoms with Crippen LogP contribution < -0.4 is 5.32 Å². The molecule has 11 nitrogen and oxygen atoms in total. The summed E-state index contributed by atoms with van der Waals surface area (Å²) in [6.07, 6.45) is 4.34. The number of benzene rings is 1. The third-order valence-electron chi connectivity index (χ3n) is 7.22. The van der Waals surface area contributed by atoms with Crippen molar-refractivity contribution in [3.05, 3.63) is 78.3 Å². The Balaban J connectivity index is 1.25. The maximum Gasteiger partial charge on any atom is 0.233 e. The number of aliphatic hydroxyl groups is 1. The molecule has 212 valence electrons. The molecule has 5 heterocycles. The van der Waals surface area contributed by atoms with Gasteiger partial charge < -0.3 is 29.8 Å². The molecule has 3 N–H and O–H groups in total. The van der Waals surface area contributed by atoms with Gasteiger partial charge in [-0.15, -0.1) is 0 Å². The van der Waals surface area contributed by atoms with Crippen molar-refractivity contribution in [1.29, 1.82) is 0 Å². The first-order chi connectivity index (χ1) is 19.9. The van der Waals surface area contributed by atoms with Crippen LogP contribution in [0.5, 0.6) is 0 Å². The summed E-state index contributed by atoms with van der Waals surface area (Å²) in [4.78, 5) is 36.0. The second kappa shape index (κ2) is 11.3. The number of aromatic amines is 1. The van der Waals surface area contributed by atoms with Gasteiger partial charge in [-0.1, -0.05) is 6.07 Å². The lowest BCUT2D eigenvalue weighted by atomic mass is 9.90. The molecule has 6 rings (SSSR count). The Bertz CT molecular complexity index is 1510. The third-order valence-corrected chi connectivity index (χ3v) is 7.22. The Morgan fingerprint density at radius 3 is 2.68 bits per heavy atom. The second-order valence-corrected chi connectivity index (χ2v) is 10.5. The molecule has 2 saturated heterocycles. The molecule has 2 aliphatic rings. The van der Waals surface area contributed by atoms with Crippen molar-refractivity contribution in [1.82, 2.24) is 29.8 Å². The van der Waals surface area contributed by atoms with Crippen LogP contribution >= 0.6 is 0 Å². The Labute approximate surface area is 235 Å². The average Bonchev–Trinajstić information content (AvgIpc) is 3.64. The molecule has 0 saturated carbocycles. The van der Waals surface area contributed by atoms with E-state index in [1.165, 1.54) is 12.1 Å². The van der Waals surface area contributed by atoms with E-state index in [0.29, 0.717) is 60.5 Å². The Morgan fingerprint density at radius 1 is 1.17 bits per heavy atom. The first kappa shape index (κ1) is 26.9. The summed E-state index contributed by atoms with van der Waals surface area (Å²) in [6.45, 7) is 3.38. The van der Waals surface area contributed by atoms with E-state index in [-0.39, 0.29) is 24.9 Å². The van der Waals surface area contributed by atoms with Gasteiger partial charge in [-0.2, -0.15) is 0 Å². The number of halogens is 1. The predicted molar refractivity (Wildman–Crippen MR) is 147 cm³/mol. The largest absolute Gasteiger partial charge is 0.391 e. The Kier molecular flexibility index (Phi) is 7.43. The van der Waals surface area contributed by atoms with E-state index in [1.54, 1.807) is 48.6 Å². The number of pyridine rings is 1. The van der Waals surface area contributed by atoms with Crippen LogP contribution in [0, 0.1) is 11.2 Å². The number of β-amino-alcohol motifs (C(OH)–C–C–N with tert-alkyl or cyclic N) is 1. The van der Waals surface area contributed by atoms with Crippen LogP contribution in [0.25, 0.3) is 22.6 Å². The molecule has 1 unspecified atom stereocenters. The minimum Gasteiger partial charge on any atom is -0.391 e. The zero-order chi connectivity index (χ0) is 28.4. The number of rotatable bonds is 7. The van der Waals surface area contributed by atoms with Gasteiger partial charge in [-0.05, 0) is 55.3 Å². The molecule has 0 radical (unpaired) electrons. The highest BCUT2D eigenvalue weighted by Crippen LogP contribution is 2.36. The molecule has 2 fully saturated rings. The van der Waals surface area contributed by atoms with Gasteiger partial charge in [0.1, 0.15) is 5.82 Å². The molecule has 0 aliphatic carbocycles. The molecule has 1 atom stereocenters. The van der Waals surface area contributed by atoms with Gasteiger partial charge in [0.2, 0.25) is 18.1 Å². The average molecular weight is 560 g/mol. The molecule has 3 aromatic heterocycles. The molecule has 41 heavy (non-hydrogen) atoms. The number of nitrogens with one attached hydrogen (secondary N) is 2. The van der Waals surface area contributed by atoms with Crippen molar-refractivity contribution in [2.75, 3.05) is 31.6 Å². The number of aliphatic hydroxyl groups excluding tert-OH is 1. The molecule has 1 aromatic carbocycles. The Morgan fingerprint density at radius 2 is 1.98 bits per heavy atom. The van der Waals surface area contributed by atoms with Crippen LogP contribution in [0.2, 0.25) is 0 Å². The summed E-state index contributed by atoms with van der Waals surface area (Å²) in [5, 5.41) is 13.1. The van der Waals surface area contributed by atoms with Crippen LogP contribution in [0.1, 0.15) is 31.0 Å². The van der Waals surface area contributed by atoms with Crippen LogP contribution in [-0.2, 0) is 20.8 Å². The number of hydrogen-bond acceptors (Lipinski definition) is 9. The number of amides is 1. The fourth-order valence-corrected chi connectivity index (χ4v) is 4.97. The van der Waals surface area contributed by atoms with E-state index in [1.807, 2.05) is 12.1 Å². The topological polar surface area (TPSA) is 138 Å². The lowest BCUT2D eigenvalue weighted by molar-refractivity contribution is -0.234. The van der Waals surface area contributed by atoms with E-state index < -0.39 is 17.8 Å². The molecule has 1 amide bonds. The molecule has 12 heteroatoms. The number of H-pyrrole nitrogens is 1. The summed E-state index contributed by atoms with van der Waals surface area (Å²) >= 11 is 0. The second-order valence-electron chi connectivity index (χ2n) is 10.5. The highest BCUT2D eigenvalue weighted by Gasteiger charge is 2.44. The number of hydrogen-bond donors (Lipinski definition) is 3. The van der Waals surface area contributed by atoms with Crippen molar-refractivity contribution < 1.29 is 23.8 Å².